The molecule has 0 spiro atoms. The number of thiazole rings is 1. The Morgan fingerprint density at radius 2 is 2.20 bits per heavy atom. The molecule has 3 rings (SSSR count). The third-order valence-corrected chi connectivity index (χ3v) is 3.96. The first-order chi connectivity index (χ1) is 9.63. The summed E-state index contributed by atoms with van der Waals surface area (Å²) in [7, 11) is 0. The molecule has 2 heterocycles. The van der Waals surface area contributed by atoms with Gasteiger partial charge in [0.2, 0.25) is 0 Å². The second kappa shape index (κ2) is 5.26. The summed E-state index contributed by atoms with van der Waals surface area (Å²) >= 11 is 7.49. The zero-order chi connectivity index (χ0) is 14.1. The summed E-state index contributed by atoms with van der Waals surface area (Å²) in [5.74, 6) is 0.582. The molecular formula is C14H11ClN2O2S. The summed E-state index contributed by atoms with van der Waals surface area (Å²) in [5.41, 5.74) is 0.494. The van der Waals surface area contributed by atoms with E-state index in [1.54, 1.807) is 22.7 Å². The van der Waals surface area contributed by atoms with E-state index in [4.69, 9.17) is 16.3 Å². The topological polar surface area (TPSA) is 43.6 Å². The normalized spacial score (nSPS) is 10.9. The summed E-state index contributed by atoms with van der Waals surface area (Å²) in [6.07, 6.45) is 1.79. The van der Waals surface area contributed by atoms with Crippen molar-refractivity contribution in [1.82, 2.24) is 9.38 Å². The molecule has 2 aromatic heterocycles. The zero-order valence-corrected chi connectivity index (χ0v) is 12.2. The summed E-state index contributed by atoms with van der Waals surface area (Å²) in [6.45, 7) is 2.16. The van der Waals surface area contributed by atoms with Gasteiger partial charge in [0.25, 0.3) is 5.56 Å². The predicted molar refractivity (Wildman–Crippen MR) is 79.9 cm³/mol. The highest BCUT2D eigenvalue weighted by Gasteiger charge is 2.07. The van der Waals surface area contributed by atoms with Gasteiger partial charge in [-0.2, -0.15) is 0 Å². The van der Waals surface area contributed by atoms with E-state index in [0.29, 0.717) is 21.4 Å². The van der Waals surface area contributed by atoms with Crippen LogP contribution in [0.1, 0.15) is 10.6 Å². The maximum atomic E-state index is 11.9. The second-order valence-corrected chi connectivity index (χ2v) is 5.92. The van der Waals surface area contributed by atoms with Crippen LogP contribution in [0.2, 0.25) is 5.02 Å². The highest BCUT2D eigenvalue weighted by Crippen LogP contribution is 2.24. The van der Waals surface area contributed by atoms with Crippen LogP contribution in [0, 0.1) is 6.92 Å². The van der Waals surface area contributed by atoms with Crippen molar-refractivity contribution in [3.05, 3.63) is 62.5 Å². The number of benzene rings is 1. The molecule has 20 heavy (non-hydrogen) atoms. The summed E-state index contributed by atoms with van der Waals surface area (Å²) in [6, 6.07) is 8.69. The Bertz CT molecular complexity index is 825. The Labute approximate surface area is 124 Å². The van der Waals surface area contributed by atoms with E-state index in [-0.39, 0.29) is 12.2 Å². The van der Waals surface area contributed by atoms with E-state index in [1.807, 2.05) is 19.1 Å². The van der Waals surface area contributed by atoms with Gasteiger partial charge in [0.1, 0.15) is 12.4 Å². The van der Waals surface area contributed by atoms with Crippen molar-refractivity contribution in [3.63, 3.8) is 0 Å². The number of fused-ring (bicyclic) bond motifs is 1. The van der Waals surface area contributed by atoms with Gasteiger partial charge in [-0.05, 0) is 19.1 Å². The molecule has 0 aliphatic heterocycles. The fraction of sp³-hybridized carbons (Fsp3) is 0.143. The van der Waals surface area contributed by atoms with Gasteiger partial charge in [0.05, 0.1) is 10.7 Å². The minimum Gasteiger partial charge on any atom is -0.486 e. The van der Waals surface area contributed by atoms with Crippen LogP contribution in [0.3, 0.4) is 0 Å². The lowest BCUT2D eigenvalue weighted by Crippen LogP contribution is -2.14. The zero-order valence-electron chi connectivity index (χ0n) is 10.7. The van der Waals surface area contributed by atoms with Crippen LogP contribution >= 0.6 is 22.9 Å². The molecule has 1 aromatic carbocycles. The Kier molecular flexibility index (Phi) is 3.46. The van der Waals surface area contributed by atoms with Crippen molar-refractivity contribution in [2.75, 3.05) is 0 Å². The number of rotatable bonds is 3. The van der Waals surface area contributed by atoms with Crippen molar-refractivity contribution >= 4 is 27.9 Å². The Morgan fingerprint density at radius 1 is 1.40 bits per heavy atom. The first kappa shape index (κ1) is 13.1. The van der Waals surface area contributed by atoms with Crippen molar-refractivity contribution in [2.45, 2.75) is 13.5 Å². The number of hydrogen-bond donors (Lipinski definition) is 0. The third-order valence-electron chi connectivity index (χ3n) is 2.75. The van der Waals surface area contributed by atoms with E-state index in [2.05, 4.69) is 4.98 Å². The van der Waals surface area contributed by atoms with E-state index in [0.717, 1.165) is 4.88 Å². The Balaban J connectivity index is 1.88. The van der Waals surface area contributed by atoms with Gasteiger partial charge < -0.3 is 4.74 Å². The van der Waals surface area contributed by atoms with Crippen molar-refractivity contribution < 1.29 is 4.74 Å². The monoisotopic (exact) mass is 306 g/mol. The highest BCUT2D eigenvalue weighted by molar-refractivity contribution is 7.16. The van der Waals surface area contributed by atoms with Crippen LogP contribution in [-0.4, -0.2) is 9.38 Å². The van der Waals surface area contributed by atoms with E-state index in [1.165, 1.54) is 17.4 Å². The summed E-state index contributed by atoms with van der Waals surface area (Å²) in [5, 5.41) is 0.539. The molecule has 0 saturated carbocycles. The minimum absolute atomic E-state index is 0.0999. The van der Waals surface area contributed by atoms with Gasteiger partial charge in [-0.25, -0.2) is 4.98 Å². The van der Waals surface area contributed by atoms with Crippen LogP contribution in [0.5, 0.6) is 5.75 Å². The van der Waals surface area contributed by atoms with Crippen molar-refractivity contribution in [3.8, 4) is 5.75 Å². The smallest absolute Gasteiger partial charge is 0.258 e. The molecule has 3 aromatic rings. The van der Waals surface area contributed by atoms with Crippen LogP contribution < -0.4 is 10.3 Å². The van der Waals surface area contributed by atoms with Gasteiger partial charge in [-0.1, -0.05) is 23.7 Å². The quantitative estimate of drug-likeness (QED) is 0.746. The van der Waals surface area contributed by atoms with Crippen molar-refractivity contribution in [1.29, 1.82) is 0 Å². The molecule has 0 amide bonds. The van der Waals surface area contributed by atoms with Gasteiger partial charge in [-0.15, -0.1) is 11.3 Å². The number of aromatic nitrogens is 2. The molecule has 0 saturated heterocycles. The van der Waals surface area contributed by atoms with Gasteiger partial charge in [0, 0.05) is 17.1 Å². The number of nitrogens with zero attached hydrogens (tertiary/aromatic N) is 2. The second-order valence-electron chi connectivity index (χ2n) is 4.30. The number of hydrogen-bond acceptors (Lipinski definition) is 4. The van der Waals surface area contributed by atoms with E-state index >= 15 is 0 Å². The SMILES string of the molecule is Cc1cn2c(=O)cc(COc3ccccc3Cl)nc2s1. The molecule has 0 aliphatic carbocycles. The highest BCUT2D eigenvalue weighted by atomic mass is 35.5. The van der Waals surface area contributed by atoms with Crippen LogP contribution in [0.25, 0.3) is 4.96 Å². The molecule has 0 unspecified atom stereocenters. The molecule has 0 fully saturated rings. The first-order valence-electron chi connectivity index (χ1n) is 5.99. The third kappa shape index (κ3) is 2.55. The summed E-state index contributed by atoms with van der Waals surface area (Å²) < 4.78 is 7.14. The largest absolute Gasteiger partial charge is 0.486 e. The maximum Gasteiger partial charge on any atom is 0.258 e. The van der Waals surface area contributed by atoms with Gasteiger partial charge >= 0.3 is 0 Å². The molecule has 6 heteroatoms. The number of para-hydroxylation sites is 1. The standard InChI is InChI=1S/C14H11ClN2O2S/c1-9-7-17-13(18)6-10(16-14(17)20-9)8-19-12-5-3-2-4-11(12)15/h2-7H,8H2,1H3. The molecule has 4 nitrogen and oxygen atoms in total. The fourth-order valence-corrected chi connectivity index (χ4v) is 2.89. The van der Waals surface area contributed by atoms with E-state index in [9.17, 15) is 4.79 Å². The van der Waals surface area contributed by atoms with Crippen LogP contribution in [-0.2, 0) is 6.61 Å². The van der Waals surface area contributed by atoms with Crippen molar-refractivity contribution in [2.24, 2.45) is 0 Å². The Hall–Kier alpha value is -1.85. The molecule has 102 valence electrons. The molecule has 0 radical (unpaired) electrons. The Morgan fingerprint density at radius 3 is 3.00 bits per heavy atom. The molecule has 0 N–H and O–H groups in total. The molecule has 0 bridgehead atoms. The van der Waals surface area contributed by atoms with Gasteiger partial charge in [-0.3, -0.25) is 9.20 Å². The fourth-order valence-electron chi connectivity index (χ4n) is 1.85. The van der Waals surface area contributed by atoms with Crippen LogP contribution in [0.15, 0.2) is 41.3 Å². The maximum absolute atomic E-state index is 11.9. The first-order valence-corrected chi connectivity index (χ1v) is 7.19. The lowest BCUT2D eigenvalue weighted by atomic mass is 10.3. The number of halogens is 1. The average Bonchev–Trinajstić information content (AvgIpc) is 2.79. The predicted octanol–water partition coefficient (Wildman–Crippen LogP) is 3.30. The number of aryl methyl sites for hydroxylation is 1. The molecular weight excluding hydrogens is 296 g/mol. The minimum atomic E-state index is -0.0999. The summed E-state index contributed by atoms with van der Waals surface area (Å²) in [4.78, 5) is 18.1. The van der Waals surface area contributed by atoms with Gasteiger partial charge in [0.15, 0.2) is 4.96 Å². The average molecular weight is 307 g/mol. The molecule has 0 aliphatic rings. The van der Waals surface area contributed by atoms with E-state index < -0.39 is 0 Å². The lowest BCUT2D eigenvalue weighted by molar-refractivity contribution is 0.301. The number of ether oxygens (including phenoxy) is 1. The molecule has 0 atom stereocenters. The lowest BCUT2D eigenvalue weighted by Gasteiger charge is -2.07. The van der Waals surface area contributed by atoms with Crippen LogP contribution in [0.4, 0.5) is 0 Å².